The highest BCUT2D eigenvalue weighted by Gasteiger charge is 2.20. The first-order valence-electron chi connectivity index (χ1n) is 5.91. The zero-order chi connectivity index (χ0) is 13.8. The predicted octanol–water partition coefficient (Wildman–Crippen LogP) is 1.92. The van der Waals surface area contributed by atoms with Crippen molar-refractivity contribution in [3.05, 3.63) is 28.8 Å². The summed E-state index contributed by atoms with van der Waals surface area (Å²) in [5.41, 5.74) is 6.37. The highest BCUT2D eigenvalue weighted by atomic mass is 35.5. The van der Waals surface area contributed by atoms with Crippen molar-refractivity contribution in [3.8, 4) is 0 Å². The largest absolute Gasteiger partial charge is 0.329 e. The first kappa shape index (κ1) is 15.4. The molecular weight excluding hydrogens is 272 g/mol. The van der Waals surface area contributed by atoms with Crippen LogP contribution in [0, 0.1) is 0 Å². The Morgan fingerprint density at radius 3 is 2.67 bits per heavy atom. The van der Waals surface area contributed by atoms with E-state index in [0.717, 1.165) is 18.4 Å². The Kier molecular flexibility index (Phi) is 5.59. The van der Waals surface area contributed by atoms with Crippen molar-refractivity contribution in [1.82, 2.24) is 4.72 Å². The molecule has 0 bridgehead atoms. The number of nitrogens with two attached hydrogens (primary N) is 1. The highest BCUT2D eigenvalue weighted by molar-refractivity contribution is 7.89. The summed E-state index contributed by atoms with van der Waals surface area (Å²) in [6, 6.07) is 4.77. The van der Waals surface area contributed by atoms with Gasteiger partial charge in [-0.05, 0) is 31.0 Å². The molecule has 0 aliphatic rings. The average Bonchev–Trinajstić information content (AvgIpc) is 2.31. The third-order valence-electron chi connectivity index (χ3n) is 2.53. The fourth-order valence-electron chi connectivity index (χ4n) is 1.57. The summed E-state index contributed by atoms with van der Waals surface area (Å²) in [5, 5.41) is 0.228. The van der Waals surface area contributed by atoms with E-state index in [4.69, 9.17) is 17.3 Å². The first-order valence-corrected chi connectivity index (χ1v) is 7.77. The van der Waals surface area contributed by atoms with Crippen molar-refractivity contribution in [2.75, 3.05) is 6.54 Å². The molecule has 1 aromatic rings. The standard InChI is InChI=1S/C12H19ClN2O2S/c1-3-4-10-5-6-11(13)12(7-10)18(16,17)15-9(2)8-14/h5-7,9,15H,3-4,8,14H2,1-2H3/t9-/m1/s1. The minimum absolute atomic E-state index is 0.121. The summed E-state index contributed by atoms with van der Waals surface area (Å²) >= 11 is 5.96. The van der Waals surface area contributed by atoms with Gasteiger partial charge < -0.3 is 5.73 Å². The molecule has 0 saturated carbocycles. The maximum absolute atomic E-state index is 12.1. The lowest BCUT2D eigenvalue weighted by Gasteiger charge is -2.13. The number of hydrogen-bond donors (Lipinski definition) is 2. The maximum Gasteiger partial charge on any atom is 0.242 e. The van der Waals surface area contributed by atoms with Crippen LogP contribution in [0.25, 0.3) is 0 Å². The van der Waals surface area contributed by atoms with Crippen molar-refractivity contribution < 1.29 is 8.42 Å². The van der Waals surface area contributed by atoms with Gasteiger partial charge in [0.15, 0.2) is 0 Å². The van der Waals surface area contributed by atoms with E-state index in [9.17, 15) is 8.42 Å². The second kappa shape index (κ2) is 6.52. The fraction of sp³-hybridized carbons (Fsp3) is 0.500. The molecule has 0 unspecified atom stereocenters. The van der Waals surface area contributed by atoms with Crippen LogP contribution in [0.1, 0.15) is 25.8 Å². The van der Waals surface area contributed by atoms with E-state index in [0.29, 0.717) is 0 Å². The molecule has 0 aliphatic heterocycles. The molecule has 1 rings (SSSR count). The third-order valence-corrected chi connectivity index (χ3v) is 4.60. The zero-order valence-corrected chi connectivity index (χ0v) is 12.2. The van der Waals surface area contributed by atoms with Gasteiger partial charge in [0.05, 0.1) is 5.02 Å². The minimum Gasteiger partial charge on any atom is -0.329 e. The Morgan fingerprint density at radius 2 is 2.11 bits per heavy atom. The van der Waals surface area contributed by atoms with Crippen LogP contribution < -0.4 is 10.5 Å². The van der Waals surface area contributed by atoms with Gasteiger partial charge >= 0.3 is 0 Å². The number of hydrogen-bond acceptors (Lipinski definition) is 3. The second-order valence-corrected chi connectivity index (χ2v) is 6.36. The van der Waals surface area contributed by atoms with Gasteiger partial charge in [0, 0.05) is 12.6 Å². The zero-order valence-electron chi connectivity index (χ0n) is 10.6. The van der Waals surface area contributed by atoms with Gasteiger partial charge in [-0.1, -0.05) is 31.0 Å². The van der Waals surface area contributed by atoms with Crippen molar-refractivity contribution >= 4 is 21.6 Å². The summed E-state index contributed by atoms with van der Waals surface area (Å²) in [6.45, 7) is 3.99. The van der Waals surface area contributed by atoms with Gasteiger partial charge in [-0.25, -0.2) is 13.1 Å². The van der Waals surface area contributed by atoms with E-state index in [2.05, 4.69) is 4.72 Å². The van der Waals surface area contributed by atoms with E-state index >= 15 is 0 Å². The molecule has 0 amide bonds. The Hall–Kier alpha value is -0.620. The van der Waals surface area contributed by atoms with E-state index < -0.39 is 10.0 Å². The average molecular weight is 291 g/mol. The van der Waals surface area contributed by atoms with Gasteiger partial charge in [0.2, 0.25) is 10.0 Å². The maximum atomic E-state index is 12.1. The van der Waals surface area contributed by atoms with E-state index in [1.54, 1.807) is 19.1 Å². The van der Waals surface area contributed by atoms with Gasteiger partial charge in [-0.15, -0.1) is 0 Å². The van der Waals surface area contributed by atoms with Crippen molar-refractivity contribution in [3.63, 3.8) is 0 Å². The lowest BCUT2D eigenvalue weighted by molar-refractivity contribution is 0.562. The number of benzene rings is 1. The number of aryl methyl sites for hydroxylation is 1. The molecule has 0 radical (unpaired) electrons. The van der Waals surface area contributed by atoms with Gasteiger partial charge in [-0.3, -0.25) is 0 Å². The van der Waals surface area contributed by atoms with Crippen LogP contribution in [0.2, 0.25) is 5.02 Å². The summed E-state index contributed by atoms with van der Waals surface area (Å²) < 4.78 is 26.8. The number of nitrogens with one attached hydrogen (secondary N) is 1. The molecule has 4 nitrogen and oxygen atoms in total. The molecule has 6 heteroatoms. The number of halogens is 1. The van der Waals surface area contributed by atoms with Gasteiger partial charge in [0.25, 0.3) is 0 Å². The Labute approximate surface area is 114 Å². The molecule has 0 heterocycles. The predicted molar refractivity (Wildman–Crippen MR) is 74.3 cm³/mol. The molecule has 0 fully saturated rings. The van der Waals surface area contributed by atoms with Crippen LogP contribution in [0.4, 0.5) is 0 Å². The molecule has 0 aromatic heterocycles. The molecule has 1 aromatic carbocycles. The van der Waals surface area contributed by atoms with Crippen LogP contribution in [0.15, 0.2) is 23.1 Å². The first-order chi connectivity index (χ1) is 8.40. The van der Waals surface area contributed by atoms with Crippen molar-refractivity contribution in [2.45, 2.75) is 37.6 Å². The molecular formula is C12H19ClN2O2S. The van der Waals surface area contributed by atoms with Crippen LogP contribution in [0.5, 0.6) is 0 Å². The van der Waals surface area contributed by atoms with Gasteiger partial charge in [-0.2, -0.15) is 0 Å². The topological polar surface area (TPSA) is 72.2 Å². The van der Waals surface area contributed by atoms with Crippen LogP contribution in [-0.2, 0) is 16.4 Å². The highest BCUT2D eigenvalue weighted by Crippen LogP contribution is 2.23. The van der Waals surface area contributed by atoms with Gasteiger partial charge in [0.1, 0.15) is 4.90 Å². The smallest absolute Gasteiger partial charge is 0.242 e. The normalized spacial score (nSPS) is 13.6. The molecule has 3 N–H and O–H groups in total. The minimum atomic E-state index is -3.61. The van der Waals surface area contributed by atoms with Crippen LogP contribution in [-0.4, -0.2) is 21.0 Å². The Morgan fingerprint density at radius 1 is 1.44 bits per heavy atom. The van der Waals surface area contributed by atoms with E-state index in [-0.39, 0.29) is 22.5 Å². The molecule has 0 saturated heterocycles. The summed E-state index contributed by atoms with van der Waals surface area (Å²) in [5.74, 6) is 0. The molecule has 18 heavy (non-hydrogen) atoms. The van der Waals surface area contributed by atoms with Crippen molar-refractivity contribution in [1.29, 1.82) is 0 Å². The second-order valence-electron chi connectivity index (χ2n) is 4.27. The van der Waals surface area contributed by atoms with E-state index in [1.807, 2.05) is 13.0 Å². The summed E-state index contributed by atoms with van der Waals surface area (Å²) in [6.07, 6.45) is 1.78. The van der Waals surface area contributed by atoms with Crippen LogP contribution in [0.3, 0.4) is 0 Å². The van der Waals surface area contributed by atoms with Crippen LogP contribution >= 0.6 is 11.6 Å². The number of rotatable bonds is 6. The monoisotopic (exact) mass is 290 g/mol. The van der Waals surface area contributed by atoms with Crippen molar-refractivity contribution in [2.24, 2.45) is 5.73 Å². The Bertz CT molecular complexity index is 503. The molecule has 0 aliphatic carbocycles. The lowest BCUT2D eigenvalue weighted by Crippen LogP contribution is -2.37. The van der Waals surface area contributed by atoms with E-state index in [1.165, 1.54) is 0 Å². The fourth-order valence-corrected chi connectivity index (χ4v) is 3.38. The SMILES string of the molecule is CCCc1ccc(Cl)c(S(=O)(=O)N[C@H](C)CN)c1. The lowest BCUT2D eigenvalue weighted by atomic mass is 10.1. The molecule has 102 valence electrons. The third kappa shape index (κ3) is 3.95. The summed E-state index contributed by atoms with van der Waals surface area (Å²) in [7, 11) is -3.61. The molecule has 1 atom stereocenters. The number of sulfonamides is 1. The summed E-state index contributed by atoms with van der Waals surface area (Å²) in [4.78, 5) is 0.121. The quantitative estimate of drug-likeness (QED) is 0.841. The Balaban J connectivity index is 3.10. The molecule has 0 spiro atoms.